The molecule has 0 aliphatic carbocycles. The molecule has 20 heavy (non-hydrogen) atoms. The Bertz CT molecular complexity index is 431. The molecule has 110 valence electrons. The molecule has 1 heterocycles. The van der Waals surface area contributed by atoms with Crippen LogP contribution in [0.25, 0.3) is 0 Å². The van der Waals surface area contributed by atoms with E-state index >= 15 is 0 Å². The number of nitrogens with one attached hydrogen (secondary N) is 2. The quantitative estimate of drug-likeness (QED) is 0.833. The summed E-state index contributed by atoms with van der Waals surface area (Å²) in [4.78, 5) is 11.3. The molecular weight excluding hydrogens is 256 g/mol. The lowest BCUT2D eigenvalue weighted by molar-refractivity contribution is -0.122. The molecule has 0 radical (unpaired) electrons. The maximum Gasteiger partial charge on any atom is 0.257 e. The van der Waals surface area contributed by atoms with Crippen molar-refractivity contribution in [1.29, 1.82) is 0 Å². The highest BCUT2D eigenvalue weighted by Crippen LogP contribution is 2.20. The molecule has 1 atom stereocenters. The minimum absolute atomic E-state index is 0.0455. The molecule has 1 fully saturated rings. The lowest BCUT2D eigenvalue weighted by atomic mass is 10.1. The summed E-state index contributed by atoms with van der Waals surface area (Å²) in [5.41, 5.74) is 0.994. The van der Waals surface area contributed by atoms with Gasteiger partial charge in [0, 0.05) is 30.9 Å². The van der Waals surface area contributed by atoms with E-state index < -0.39 is 0 Å². The molecule has 0 aromatic heterocycles. The van der Waals surface area contributed by atoms with Crippen molar-refractivity contribution in [2.24, 2.45) is 0 Å². The van der Waals surface area contributed by atoms with Crippen LogP contribution in [0.15, 0.2) is 24.3 Å². The minimum Gasteiger partial charge on any atom is -0.484 e. The first-order chi connectivity index (χ1) is 9.78. The molecule has 2 rings (SSSR count). The van der Waals surface area contributed by atoms with Crippen molar-refractivity contribution >= 4 is 11.6 Å². The molecule has 1 aliphatic rings. The first-order valence-corrected chi connectivity index (χ1v) is 7.12. The van der Waals surface area contributed by atoms with Gasteiger partial charge in [0.1, 0.15) is 5.75 Å². The lowest BCUT2D eigenvalue weighted by Gasteiger charge is -2.24. The number of amides is 1. The van der Waals surface area contributed by atoms with Crippen LogP contribution in [0.5, 0.6) is 5.75 Å². The summed E-state index contributed by atoms with van der Waals surface area (Å²) in [5, 5.41) is 6.13. The topological polar surface area (TPSA) is 59.6 Å². The SMILES string of the molecule is CCNC(=O)COc1cccc(N[C@H]2CCCOC2)c1. The van der Waals surface area contributed by atoms with Gasteiger partial charge in [-0.1, -0.05) is 6.07 Å². The monoisotopic (exact) mass is 278 g/mol. The normalized spacial score (nSPS) is 18.4. The predicted molar refractivity (Wildman–Crippen MR) is 78.1 cm³/mol. The van der Waals surface area contributed by atoms with Crippen molar-refractivity contribution < 1.29 is 14.3 Å². The van der Waals surface area contributed by atoms with Gasteiger partial charge in [0.2, 0.25) is 0 Å². The van der Waals surface area contributed by atoms with Crippen LogP contribution in [-0.2, 0) is 9.53 Å². The van der Waals surface area contributed by atoms with Crippen LogP contribution < -0.4 is 15.4 Å². The molecule has 1 amide bonds. The third kappa shape index (κ3) is 4.74. The van der Waals surface area contributed by atoms with E-state index in [0.717, 1.165) is 31.7 Å². The molecular formula is C15H22N2O3. The molecule has 0 bridgehead atoms. The van der Waals surface area contributed by atoms with E-state index in [1.807, 2.05) is 31.2 Å². The van der Waals surface area contributed by atoms with Crippen molar-refractivity contribution in [2.75, 3.05) is 31.7 Å². The summed E-state index contributed by atoms with van der Waals surface area (Å²) < 4.78 is 10.9. The largest absolute Gasteiger partial charge is 0.484 e. The first-order valence-electron chi connectivity index (χ1n) is 7.12. The maximum atomic E-state index is 11.3. The number of ether oxygens (including phenoxy) is 2. The summed E-state index contributed by atoms with van der Waals surface area (Å²) in [7, 11) is 0. The Balaban J connectivity index is 1.85. The maximum absolute atomic E-state index is 11.3. The summed E-state index contributed by atoms with van der Waals surface area (Å²) in [5.74, 6) is 0.588. The summed E-state index contributed by atoms with van der Waals surface area (Å²) >= 11 is 0. The molecule has 5 nitrogen and oxygen atoms in total. The number of benzene rings is 1. The highest BCUT2D eigenvalue weighted by Gasteiger charge is 2.13. The number of hydrogen-bond donors (Lipinski definition) is 2. The Morgan fingerprint density at radius 1 is 1.50 bits per heavy atom. The van der Waals surface area contributed by atoms with Crippen LogP contribution in [0.2, 0.25) is 0 Å². The van der Waals surface area contributed by atoms with Crippen molar-refractivity contribution in [1.82, 2.24) is 5.32 Å². The van der Waals surface area contributed by atoms with Crippen molar-refractivity contribution in [3.63, 3.8) is 0 Å². The Kier molecular flexibility index (Phi) is 5.68. The number of hydrogen-bond acceptors (Lipinski definition) is 4. The lowest BCUT2D eigenvalue weighted by Crippen LogP contribution is -2.30. The van der Waals surface area contributed by atoms with E-state index in [-0.39, 0.29) is 12.5 Å². The van der Waals surface area contributed by atoms with E-state index in [1.165, 1.54) is 0 Å². The number of rotatable bonds is 6. The number of likely N-dealkylation sites (N-methyl/N-ethyl adjacent to an activating group) is 1. The Hall–Kier alpha value is -1.75. The Labute approximate surface area is 119 Å². The van der Waals surface area contributed by atoms with Crippen molar-refractivity contribution in [3.8, 4) is 5.75 Å². The van der Waals surface area contributed by atoms with Gasteiger partial charge in [-0.2, -0.15) is 0 Å². The van der Waals surface area contributed by atoms with Gasteiger partial charge in [-0.15, -0.1) is 0 Å². The average Bonchev–Trinajstić information content (AvgIpc) is 2.47. The van der Waals surface area contributed by atoms with Gasteiger partial charge in [0.15, 0.2) is 6.61 Å². The minimum atomic E-state index is -0.105. The van der Waals surface area contributed by atoms with Gasteiger partial charge in [-0.3, -0.25) is 4.79 Å². The molecule has 5 heteroatoms. The summed E-state index contributed by atoms with van der Waals surface area (Å²) in [6.07, 6.45) is 2.20. The van der Waals surface area contributed by atoms with E-state index in [0.29, 0.717) is 18.3 Å². The number of carbonyl (C=O) groups is 1. The summed E-state index contributed by atoms with van der Waals surface area (Å²) in [6, 6.07) is 8.02. The number of carbonyl (C=O) groups excluding carboxylic acids is 1. The van der Waals surface area contributed by atoms with Gasteiger partial charge in [0.05, 0.1) is 6.61 Å². The standard InChI is InChI=1S/C15H22N2O3/c1-2-16-15(18)11-20-14-7-3-5-12(9-14)17-13-6-4-8-19-10-13/h3,5,7,9,13,17H,2,4,6,8,10-11H2,1H3,(H,16,18)/t13-/m0/s1. The molecule has 0 saturated carbocycles. The van der Waals surface area contributed by atoms with Gasteiger partial charge < -0.3 is 20.1 Å². The zero-order valence-electron chi connectivity index (χ0n) is 11.9. The Morgan fingerprint density at radius 3 is 3.15 bits per heavy atom. The highest BCUT2D eigenvalue weighted by molar-refractivity contribution is 5.77. The van der Waals surface area contributed by atoms with Crippen LogP contribution in [0.3, 0.4) is 0 Å². The molecule has 0 unspecified atom stereocenters. The second-order valence-electron chi connectivity index (χ2n) is 4.83. The second-order valence-corrected chi connectivity index (χ2v) is 4.83. The van der Waals surface area contributed by atoms with E-state index in [2.05, 4.69) is 10.6 Å². The van der Waals surface area contributed by atoms with Crippen molar-refractivity contribution in [3.05, 3.63) is 24.3 Å². The van der Waals surface area contributed by atoms with E-state index in [4.69, 9.17) is 9.47 Å². The van der Waals surface area contributed by atoms with Gasteiger partial charge >= 0.3 is 0 Å². The predicted octanol–water partition coefficient (Wildman–Crippen LogP) is 1.79. The fourth-order valence-electron chi connectivity index (χ4n) is 2.16. The fraction of sp³-hybridized carbons (Fsp3) is 0.533. The smallest absolute Gasteiger partial charge is 0.257 e. The molecule has 1 saturated heterocycles. The zero-order valence-corrected chi connectivity index (χ0v) is 11.9. The van der Waals surface area contributed by atoms with Crippen LogP contribution in [0.1, 0.15) is 19.8 Å². The van der Waals surface area contributed by atoms with E-state index in [9.17, 15) is 4.79 Å². The third-order valence-corrected chi connectivity index (χ3v) is 3.11. The van der Waals surface area contributed by atoms with Gasteiger partial charge in [-0.05, 0) is 31.9 Å². The average molecular weight is 278 g/mol. The van der Waals surface area contributed by atoms with Gasteiger partial charge in [-0.25, -0.2) is 0 Å². The Morgan fingerprint density at radius 2 is 2.40 bits per heavy atom. The molecule has 2 N–H and O–H groups in total. The highest BCUT2D eigenvalue weighted by atomic mass is 16.5. The molecule has 0 spiro atoms. The molecule has 1 aliphatic heterocycles. The summed E-state index contributed by atoms with van der Waals surface area (Å²) in [6.45, 7) is 4.14. The van der Waals surface area contributed by atoms with Crippen LogP contribution in [0.4, 0.5) is 5.69 Å². The van der Waals surface area contributed by atoms with Crippen LogP contribution in [0, 0.1) is 0 Å². The third-order valence-electron chi connectivity index (χ3n) is 3.11. The molecule has 1 aromatic rings. The fourth-order valence-corrected chi connectivity index (χ4v) is 2.16. The first kappa shape index (κ1) is 14.7. The van der Waals surface area contributed by atoms with Crippen LogP contribution in [-0.4, -0.2) is 38.3 Å². The van der Waals surface area contributed by atoms with E-state index in [1.54, 1.807) is 0 Å². The van der Waals surface area contributed by atoms with Crippen LogP contribution >= 0.6 is 0 Å². The zero-order chi connectivity index (χ0) is 14.2. The van der Waals surface area contributed by atoms with Gasteiger partial charge in [0.25, 0.3) is 5.91 Å². The molecule has 1 aromatic carbocycles. The second kappa shape index (κ2) is 7.75. The van der Waals surface area contributed by atoms with Crippen molar-refractivity contribution in [2.45, 2.75) is 25.8 Å². The number of anilines is 1.